The average molecular weight is 503 g/mol. The van der Waals surface area contributed by atoms with Crippen molar-refractivity contribution in [3.63, 3.8) is 0 Å². The van der Waals surface area contributed by atoms with Crippen molar-refractivity contribution in [2.45, 2.75) is 76.2 Å². The number of hydrogen-bond acceptors (Lipinski definition) is 4. The predicted octanol–water partition coefficient (Wildman–Crippen LogP) is 5.83. The van der Waals surface area contributed by atoms with Gasteiger partial charge in [0.1, 0.15) is 5.75 Å². The van der Waals surface area contributed by atoms with Crippen LogP contribution in [0, 0.1) is 5.92 Å². The summed E-state index contributed by atoms with van der Waals surface area (Å²) in [5.74, 6) is 0.980. The number of rotatable bonds is 11. The highest BCUT2D eigenvalue weighted by molar-refractivity contribution is 5.76. The lowest BCUT2D eigenvalue weighted by molar-refractivity contribution is -0.132. The van der Waals surface area contributed by atoms with Crippen molar-refractivity contribution in [3.05, 3.63) is 78.4 Å². The second kappa shape index (κ2) is 13.0. The minimum Gasteiger partial charge on any atom is -0.427 e. The maximum atomic E-state index is 12.9. The van der Waals surface area contributed by atoms with Crippen LogP contribution in [0.3, 0.4) is 0 Å². The Kier molecular flexibility index (Phi) is 9.56. The van der Waals surface area contributed by atoms with Gasteiger partial charge in [0.15, 0.2) is 0 Å². The van der Waals surface area contributed by atoms with Crippen LogP contribution in [-0.4, -0.2) is 42.5 Å². The van der Waals surface area contributed by atoms with Gasteiger partial charge in [0.2, 0.25) is 5.91 Å². The van der Waals surface area contributed by atoms with Gasteiger partial charge < -0.3 is 10.1 Å². The van der Waals surface area contributed by atoms with Crippen LogP contribution in [0.1, 0.15) is 69.4 Å². The van der Waals surface area contributed by atoms with Crippen molar-refractivity contribution in [1.82, 2.24) is 10.2 Å². The normalized spacial score (nSPS) is 23.6. The fourth-order valence-corrected chi connectivity index (χ4v) is 6.46. The van der Waals surface area contributed by atoms with E-state index in [-0.39, 0.29) is 23.3 Å². The van der Waals surface area contributed by atoms with Crippen LogP contribution in [0.15, 0.2) is 67.3 Å². The van der Waals surface area contributed by atoms with Gasteiger partial charge in [-0.15, -0.1) is 6.58 Å². The highest BCUT2D eigenvalue weighted by Gasteiger charge is 2.48. The third-order valence-electron chi connectivity index (χ3n) is 8.24. The molecule has 0 spiro atoms. The average Bonchev–Trinajstić information content (AvgIpc) is 2.89. The number of nitrogens with one attached hydrogen (secondary N) is 1. The number of hydrogen-bond donors (Lipinski definition) is 1. The molecule has 1 amide bonds. The number of piperidine rings is 1. The standard InChI is InChI=1S/C32H42N2O3/c1-3-20-34-21-19-32(27-14-10-15-30(22-27)37-25(2)35)23-29(18-17-28(32)24-34)33-31(36)16-9-5-8-13-26-11-6-4-7-12-26/h3-4,6-7,10-12,14-15,22,28-29H,1,5,8-9,13,16-21,23-24H2,2H3,(H,33,36)/t28-,29+,32+/m1/s1. The molecule has 2 aliphatic rings. The third kappa shape index (κ3) is 7.32. The monoisotopic (exact) mass is 502 g/mol. The molecule has 2 aromatic carbocycles. The lowest BCUT2D eigenvalue weighted by atomic mass is 9.58. The van der Waals surface area contributed by atoms with Gasteiger partial charge in [-0.2, -0.15) is 0 Å². The fourth-order valence-electron chi connectivity index (χ4n) is 6.46. The molecule has 5 heteroatoms. The molecule has 1 saturated carbocycles. The first-order chi connectivity index (χ1) is 18.0. The quantitative estimate of drug-likeness (QED) is 0.182. The molecule has 2 aromatic rings. The Balaban J connectivity index is 1.37. The Morgan fingerprint density at radius 3 is 2.73 bits per heavy atom. The molecule has 1 heterocycles. The van der Waals surface area contributed by atoms with Gasteiger partial charge in [0.05, 0.1) is 0 Å². The van der Waals surface area contributed by atoms with Crippen molar-refractivity contribution < 1.29 is 14.3 Å². The van der Waals surface area contributed by atoms with Gasteiger partial charge in [-0.1, -0.05) is 55.0 Å². The Morgan fingerprint density at radius 1 is 1.11 bits per heavy atom. The van der Waals surface area contributed by atoms with E-state index in [1.54, 1.807) is 0 Å². The Morgan fingerprint density at radius 2 is 1.95 bits per heavy atom. The van der Waals surface area contributed by atoms with E-state index in [1.165, 1.54) is 18.1 Å². The molecule has 1 aliphatic carbocycles. The van der Waals surface area contributed by atoms with Gasteiger partial charge in [-0.25, -0.2) is 0 Å². The van der Waals surface area contributed by atoms with Crippen molar-refractivity contribution >= 4 is 11.9 Å². The number of nitrogens with zero attached hydrogens (tertiary/aromatic N) is 1. The minimum atomic E-state index is -0.301. The summed E-state index contributed by atoms with van der Waals surface area (Å²) < 4.78 is 5.43. The number of aryl methyl sites for hydroxylation is 1. The van der Waals surface area contributed by atoms with E-state index in [0.717, 1.165) is 71.0 Å². The van der Waals surface area contributed by atoms with Gasteiger partial charge in [-0.05, 0) is 80.7 Å². The zero-order valence-corrected chi connectivity index (χ0v) is 22.3. The highest BCUT2D eigenvalue weighted by atomic mass is 16.5. The molecule has 1 aliphatic heterocycles. The van der Waals surface area contributed by atoms with Gasteiger partial charge >= 0.3 is 5.97 Å². The van der Waals surface area contributed by atoms with Crippen LogP contribution in [-0.2, 0) is 21.4 Å². The van der Waals surface area contributed by atoms with Crippen molar-refractivity contribution in [2.24, 2.45) is 5.92 Å². The van der Waals surface area contributed by atoms with Crippen LogP contribution in [0.25, 0.3) is 0 Å². The minimum absolute atomic E-state index is 0.0281. The maximum absolute atomic E-state index is 12.9. The van der Waals surface area contributed by atoms with E-state index in [2.05, 4.69) is 53.2 Å². The summed E-state index contributed by atoms with van der Waals surface area (Å²) in [6.45, 7) is 8.32. The van der Waals surface area contributed by atoms with E-state index in [1.807, 2.05) is 24.3 Å². The first-order valence-corrected chi connectivity index (χ1v) is 13.9. The smallest absolute Gasteiger partial charge is 0.308 e. The van der Waals surface area contributed by atoms with E-state index < -0.39 is 0 Å². The fraction of sp³-hybridized carbons (Fsp3) is 0.500. The summed E-state index contributed by atoms with van der Waals surface area (Å²) in [7, 11) is 0. The molecule has 2 fully saturated rings. The number of carbonyl (C=O) groups excluding carboxylic acids is 2. The molecular weight excluding hydrogens is 460 g/mol. The summed E-state index contributed by atoms with van der Waals surface area (Å²) >= 11 is 0. The zero-order valence-electron chi connectivity index (χ0n) is 22.3. The van der Waals surface area contributed by atoms with Gasteiger partial charge in [0, 0.05) is 37.9 Å². The molecule has 0 radical (unpaired) electrons. The number of amides is 1. The molecule has 1 saturated heterocycles. The van der Waals surface area contributed by atoms with Crippen LogP contribution in [0.5, 0.6) is 5.75 Å². The lowest BCUT2D eigenvalue weighted by Crippen LogP contribution is -2.56. The molecular formula is C32H42N2O3. The van der Waals surface area contributed by atoms with E-state index >= 15 is 0 Å². The molecule has 1 N–H and O–H groups in total. The first-order valence-electron chi connectivity index (χ1n) is 13.9. The summed E-state index contributed by atoms with van der Waals surface area (Å²) in [4.78, 5) is 26.9. The summed E-state index contributed by atoms with van der Waals surface area (Å²) in [5.41, 5.74) is 2.57. The van der Waals surface area contributed by atoms with Crippen molar-refractivity contribution in [1.29, 1.82) is 0 Å². The van der Waals surface area contributed by atoms with E-state index in [0.29, 0.717) is 18.1 Å². The van der Waals surface area contributed by atoms with Gasteiger partial charge in [0.25, 0.3) is 0 Å². The van der Waals surface area contributed by atoms with E-state index in [9.17, 15) is 9.59 Å². The first kappa shape index (κ1) is 27.1. The largest absolute Gasteiger partial charge is 0.427 e. The molecule has 5 nitrogen and oxygen atoms in total. The molecule has 37 heavy (non-hydrogen) atoms. The Labute approximate surface area is 222 Å². The topological polar surface area (TPSA) is 58.6 Å². The maximum Gasteiger partial charge on any atom is 0.308 e. The highest BCUT2D eigenvalue weighted by Crippen LogP contribution is 2.49. The number of esters is 1. The van der Waals surface area contributed by atoms with Crippen LogP contribution in [0.2, 0.25) is 0 Å². The lowest BCUT2D eigenvalue weighted by Gasteiger charge is -2.53. The number of likely N-dealkylation sites (tertiary alicyclic amines) is 1. The number of benzene rings is 2. The van der Waals surface area contributed by atoms with Crippen molar-refractivity contribution in [3.8, 4) is 5.75 Å². The molecule has 0 bridgehead atoms. The number of carbonyl (C=O) groups is 2. The van der Waals surface area contributed by atoms with Crippen molar-refractivity contribution in [2.75, 3.05) is 19.6 Å². The van der Waals surface area contributed by atoms with Crippen LogP contribution < -0.4 is 10.1 Å². The zero-order chi connectivity index (χ0) is 26.1. The molecule has 0 aromatic heterocycles. The second-order valence-electron chi connectivity index (χ2n) is 10.9. The SMILES string of the molecule is C=CCN1CC[C@@]2(c3cccc(OC(C)=O)c3)C[C@@H](NC(=O)CCCCCc3ccccc3)CC[C@@H]2C1. The number of unbranched alkanes of at least 4 members (excludes halogenated alkanes) is 2. The summed E-state index contributed by atoms with van der Waals surface area (Å²) in [6.07, 6.45) is 10.8. The van der Waals surface area contributed by atoms with Gasteiger partial charge in [-0.3, -0.25) is 14.5 Å². The molecule has 198 valence electrons. The van der Waals surface area contributed by atoms with E-state index in [4.69, 9.17) is 4.74 Å². The predicted molar refractivity (Wildman–Crippen MR) is 149 cm³/mol. The molecule has 0 unspecified atom stereocenters. The number of ether oxygens (including phenoxy) is 1. The Hall–Kier alpha value is -2.92. The number of fused-ring (bicyclic) bond motifs is 1. The molecule has 4 rings (SSSR count). The molecule has 3 atom stereocenters. The summed E-state index contributed by atoms with van der Waals surface area (Å²) in [6, 6.07) is 18.8. The second-order valence-corrected chi connectivity index (χ2v) is 10.9. The van der Waals surface area contributed by atoms with Crippen LogP contribution >= 0.6 is 0 Å². The summed E-state index contributed by atoms with van der Waals surface area (Å²) in [5, 5.41) is 3.38. The Bertz CT molecular complexity index is 1050. The van der Waals surface area contributed by atoms with Crippen LogP contribution in [0.4, 0.5) is 0 Å². The third-order valence-corrected chi connectivity index (χ3v) is 8.24.